The predicted octanol–water partition coefficient (Wildman–Crippen LogP) is 3.81. The van der Waals surface area contributed by atoms with Crippen molar-refractivity contribution in [1.29, 1.82) is 0 Å². The first-order valence-electron chi connectivity index (χ1n) is 8.07. The van der Waals surface area contributed by atoms with Gasteiger partial charge in [0.15, 0.2) is 0 Å². The third-order valence-electron chi connectivity index (χ3n) is 4.33. The summed E-state index contributed by atoms with van der Waals surface area (Å²) in [5.74, 6) is -0.0215. The van der Waals surface area contributed by atoms with E-state index in [-0.39, 0.29) is 11.5 Å². The number of nitrogens with one attached hydrogen (secondary N) is 1. The highest BCUT2D eigenvalue weighted by Gasteiger charge is 2.33. The lowest BCUT2D eigenvalue weighted by Gasteiger charge is -2.36. The van der Waals surface area contributed by atoms with Gasteiger partial charge in [-0.3, -0.25) is 4.79 Å². The van der Waals surface area contributed by atoms with E-state index in [1.54, 1.807) is 0 Å². The third-order valence-corrected chi connectivity index (χ3v) is 4.33. The molecule has 0 spiro atoms. The second kappa shape index (κ2) is 9.35. The van der Waals surface area contributed by atoms with Crippen LogP contribution in [0.2, 0.25) is 0 Å². The fourth-order valence-electron chi connectivity index (χ4n) is 2.96. The molecule has 0 amide bonds. The largest absolute Gasteiger partial charge is 0.466 e. The average Bonchev–Trinajstić information content (AvgIpc) is 2.43. The maximum absolute atomic E-state index is 11.9. The SMILES string of the molecule is CCCCCCCOC(=O)CC1(NC)CCCCC1. The molecule has 3 nitrogen and oxygen atoms in total. The second-order valence-electron chi connectivity index (χ2n) is 5.90. The highest BCUT2D eigenvalue weighted by atomic mass is 16.5. The molecule has 0 atom stereocenters. The zero-order valence-electron chi connectivity index (χ0n) is 12.8. The Bertz CT molecular complexity index is 247. The van der Waals surface area contributed by atoms with Crippen molar-refractivity contribution < 1.29 is 9.53 Å². The molecular weight excluding hydrogens is 238 g/mol. The smallest absolute Gasteiger partial charge is 0.307 e. The van der Waals surface area contributed by atoms with Crippen molar-refractivity contribution in [2.75, 3.05) is 13.7 Å². The Kier molecular flexibility index (Phi) is 8.11. The van der Waals surface area contributed by atoms with Crippen LogP contribution in [0.1, 0.15) is 77.6 Å². The lowest BCUT2D eigenvalue weighted by molar-refractivity contribution is -0.145. The molecule has 0 unspecified atom stereocenters. The molecule has 1 saturated carbocycles. The number of unbranched alkanes of at least 4 members (excludes halogenated alkanes) is 4. The van der Waals surface area contributed by atoms with E-state index >= 15 is 0 Å². The van der Waals surface area contributed by atoms with Crippen LogP contribution >= 0.6 is 0 Å². The van der Waals surface area contributed by atoms with Crippen LogP contribution in [-0.2, 0) is 9.53 Å². The van der Waals surface area contributed by atoms with Gasteiger partial charge in [-0.25, -0.2) is 0 Å². The first-order chi connectivity index (χ1) is 9.22. The molecule has 0 aromatic rings. The topological polar surface area (TPSA) is 38.3 Å². The summed E-state index contributed by atoms with van der Waals surface area (Å²) >= 11 is 0. The van der Waals surface area contributed by atoms with Crippen molar-refractivity contribution in [3.63, 3.8) is 0 Å². The van der Waals surface area contributed by atoms with Gasteiger partial charge in [0.05, 0.1) is 13.0 Å². The van der Waals surface area contributed by atoms with Crippen LogP contribution in [0.25, 0.3) is 0 Å². The number of hydrogen-bond donors (Lipinski definition) is 1. The van der Waals surface area contributed by atoms with Crippen LogP contribution < -0.4 is 5.32 Å². The predicted molar refractivity (Wildman–Crippen MR) is 79.2 cm³/mol. The molecule has 19 heavy (non-hydrogen) atoms. The second-order valence-corrected chi connectivity index (χ2v) is 5.90. The molecule has 1 aliphatic rings. The zero-order chi connectivity index (χ0) is 14.0. The minimum Gasteiger partial charge on any atom is -0.466 e. The van der Waals surface area contributed by atoms with Crippen molar-refractivity contribution in [2.24, 2.45) is 0 Å². The molecule has 0 heterocycles. The average molecular weight is 269 g/mol. The van der Waals surface area contributed by atoms with Gasteiger partial charge in [-0.1, -0.05) is 51.9 Å². The van der Waals surface area contributed by atoms with Gasteiger partial charge >= 0.3 is 5.97 Å². The zero-order valence-corrected chi connectivity index (χ0v) is 12.8. The Morgan fingerprint density at radius 3 is 2.42 bits per heavy atom. The summed E-state index contributed by atoms with van der Waals surface area (Å²) in [7, 11) is 1.98. The van der Waals surface area contributed by atoms with E-state index in [1.165, 1.54) is 44.9 Å². The van der Waals surface area contributed by atoms with Crippen molar-refractivity contribution in [3.05, 3.63) is 0 Å². The van der Waals surface area contributed by atoms with E-state index < -0.39 is 0 Å². The van der Waals surface area contributed by atoms with Gasteiger partial charge in [0.1, 0.15) is 0 Å². The van der Waals surface area contributed by atoms with E-state index in [4.69, 9.17) is 4.74 Å². The molecular formula is C16H31NO2. The van der Waals surface area contributed by atoms with Crippen LogP contribution in [0.15, 0.2) is 0 Å². The summed E-state index contributed by atoms with van der Waals surface area (Å²) < 4.78 is 5.37. The van der Waals surface area contributed by atoms with Crippen molar-refractivity contribution in [1.82, 2.24) is 5.32 Å². The minimum absolute atomic E-state index is 0.0115. The van der Waals surface area contributed by atoms with Gasteiger partial charge in [0.25, 0.3) is 0 Å². The summed E-state index contributed by atoms with van der Waals surface area (Å²) in [6, 6.07) is 0. The summed E-state index contributed by atoms with van der Waals surface area (Å²) in [5.41, 5.74) is 0.0115. The van der Waals surface area contributed by atoms with Crippen molar-refractivity contribution in [3.8, 4) is 0 Å². The first kappa shape index (κ1) is 16.5. The quantitative estimate of drug-likeness (QED) is 0.511. The van der Waals surface area contributed by atoms with E-state index in [2.05, 4.69) is 12.2 Å². The summed E-state index contributed by atoms with van der Waals surface area (Å²) in [6.07, 6.45) is 12.5. The molecule has 1 N–H and O–H groups in total. The molecule has 0 aromatic heterocycles. The molecule has 1 fully saturated rings. The van der Waals surface area contributed by atoms with E-state index in [0.29, 0.717) is 13.0 Å². The maximum Gasteiger partial charge on any atom is 0.307 e. The Hall–Kier alpha value is -0.570. The van der Waals surface area contributed by atoms with Crippen LogP contribution in [0.5, 0.6) is 0 Å². The highest BCUT2D eigenvalue weighted by molar-refractivity contribution is 5.71. The normalized spacial score (nSPS) is 18.2. The van der Waals surface area contributed by atoms with Crippen LogP contribution in [-0.4, -0.2) is 25.2 Å². The van der Waals surface area contributed by atoms with Gasteiger partial charge in [0.2, 0.25) is 0 Å². The van der Waals surface area contributed by atoms with Gasteiger partial charge in [-0.15, -0.1) is 0 Å². The Balaban J connectivity index is 2.15. The molecule has 3 heteroatoms. The summed E-state index contributed by atoms with van der Waals surface area (Å²) in [6.45, 7) is 2.81. The van der Waals surface area contributed by atoms with E-state index in [0.717, 1.165) is 19.3 Å². The summed E-state index contributed by atoms with van der Waals surface area (Å²) in [4.78, 5) is 11.9. The molecule has 0 saturated heterocycles. The lowest BCUT2D eigenvalue weighted by Crippen LogP contribution is -2.46. The van der Waals surface area contributed by atoms with Gasteiger partial charge < -0.3 is 10.1 Å². The highest BCUT2D eigenvalue weighted by Crippen LogP contribution is 2.30. The molecule has 0 radical (unpaired) electrons. The van der Waals surface area contributed by atoms with Crippen molar-refractivity contribution in [2.45, 2.75) is 83.1 Å². The number of carbonyl (C=O) groups excluding carboxylic acids is 1. The Morgan fingerprint density at radius 2 is 1.79 bits per heavy atom. The fraction of sp³-hybridized carbons (Fsp3) is 0.938. The molecule has 1 rings (SSSR count). The fourth-order valence-corrected chi connectivity index (χ4v) is 2.96. The standard InChI is InChI=1S/C16H31NO2/c1-3-4-5-6-10-13-19-15(18)14-16(17-2)11-8-7-9-12-16/h17H,3-14H2,1-2H3. The summed E-state index contributed by atoms with van der Waals surface area (Å²) in [5, 5.41) is 3.37. The number of rotatable bonds is 9. The van der Waals surface area contributed by atoms with Crippen LogP contribution in [0, 0.1) is 0 Å². The molecule has 0 bridgehead atoms. The monoisotopic (exact) mass is 269 g/mol. The molecule has 1 aliphatic carbocycles. The number of carbonyl (C=O) groups is 1. The minimum atomic E-state index is -0.0215. The third kappa shape index (κ3) is 6.42. The van der Waals surface area contributed by atoms with Gasteiger partial charge in [-0.2, -0.15) is 0 Å². The number of esters is 1. The van der Waals surface area contributed by atoms with Crippen LogP contribution in [0.3, 0.4) is 0 Å². The molecule has 0 aliphatic heterocycles. The maximum atomic E-state index is 11.9. The van der Waals surface area contributed by atoms with Crippen molar-refractivity contribution >= 4 is 5.97 Å². The van der Waals surface area contributed by atoms with Gasteiger partial charge in [-0.05, 0) is 26.3 Å². The van der Waals surface area contributed by atoms with Crippen LogP contribution in [0.4, 0.5) is 0 Å². The molecule has 0 aromatic carbocycles. The van der Waals surface area contributed by atoms with Gasteiger partial charge in [0, 0.05) is 5.54 Å². The lowest BCUT2D eigenvalue weighted by atomic mass is 9.79. The molecule has 112 valence electrons. The first-order valence-corrected chi connectivity index (χ1v) is 8.07. The Labute approximate surface area is 118 Å². The number of hydrogen-bond acceptors (Lipinski definition) is 3. The van der Waals surface area contributed by atoms with E-state index in [1.807, 2.05) is 7.05 Å². The van der Waals surface area contributed by atoms with E-state index in [9.17, 15) is 4.79 Å². The number of ether oxygens (including phenoxy) is 1. The Morgan fingerprint density at radius 1 is 1.11 bits per heavy atom.